The number of likely N-dealkylation sites (tertiary alicyclic amines) is 1. The van der Waals surface area contributed by atoms with Crippen LogP contribution in [-0.2, 0) is 11.8 Å². The average Bonchev–Trinajstić information content (AvgIpc) is 2.45. The van der Waals surface area contributed by atoms with Crippen molar-refractivity contribution in [2.75, 3.05) is 6.54 Å². The van der Waals surface area contributed by atoms with E-state index in [0.29, 0.717) is 12.1 Å². The van der Waals surface area contributed by atoms with Gasteiger partial charge in [0.2, 0.25) is 0 Å². The highest BCUT2D eigenvalue weighted by Gasteiger charge is 2.46. The van der Waals surface area contributed by atoms with Crippen LogP contribution in [0.1, 0.15) is 44.7 Å². The summed E-state index contributed by atoms with van der Waals surface area (Å²) in [5, 5.41) is 20.3. The normalized spacial score (nSPS) is 25.1. The van der Waals surface area contributed by atoms with Crippen LogP contribution in [0.4, 0.5) is 22.4 Å². The molecule has 0 saturated carbocycles. The lowest BCUT2D eigenvalue weighted by molar-refractivity contribution is -0.140. The predicted octanol–water partition coefficient (Wildman–Crippen LogP) is 4.22. The molecule has 1 amide bonds. The number of rotatable bonds is 1. The molecule has 1 aliphatic heterocycles. The minimum Gasteiger partial charge on any atom is -0.465 e. The predicted molar refractivity (Wildman–Crippen MR) is 82.5 cm³/mol. The Morgan fingerprint density at radius 1 is 1.28 bits per heavy atom. The summed E-state index contributed by atoms with van der Waals surface area (Å²) in [4.78, 5) is 12.6. The molecule has 1 saturated heterocycles. The highest BCUT2D eigenvalue weighted by atomic mass is 19.4. The van der Waals surface area contributed by atoms with Gasteiger partial charge in [-0.05, 0) is 29.5 Å². The Hall–Kier alpha value is -1.83. The number of carbonyl (C=O) groups is 1. The van der Waals surface area contributed by atoms with Gasteiger partial charge in [0.1, 0.15) is 5.82 Å². The molecule has 0 aliphatic carbocycles. The quantitative estimate of drug-likeness (QED) is 0.735. The van der Waals surface area contributed by atoms with Gasteiger partial charge in [0.25, 0.3) is 0 Å². The molecular weight excluding hydrogens is 342 g/mol. The molecule has 0 aromatic heterocycles. The molecule has 8 heteroatoms. The Bertz CT molecular complexity index is 669. The number of halogens is 4. The molecule has 0 radical (unpaired) electrons. The Labute approximate surface area is 143 Å². The highest BCUT2D eigenvalue weighted by Crippen LogP contribution is 2.43. The van der Waals surface area contributed by atoms with Crippen LogP contribution in [0.15, 0.2) is 18.2 Å². The third-order valence-corrected chi connectivity index (χ3v) is 4.73. The van der Waals surface area contributed by atoms with E-state index in [1.807, 2.05) is 0 Å². The van der Waals surface area contributed by atoms with Gasteiger partial charge in [0, 0.05) is 19.0 Å². The lowest BCUT2D eigenvalue weighted by atomic mass is 9.72. The van der Waals surface area contributed by atoms with Crippen LogP contribution in [0, 0.1) is 11.2 Å². The zero-order valence-corrected chi connectivity index (χ0v) is 14.2. The first-order valence-corrected chi connectivity index (χ1v) is 7.85. The molecule has 1 aromatic carbocycles. The summed E-state index contributed by atoms with van der Waals surface area (Å²) in [7, 11) is 0. The number of benzene rings is 1. The third-order valence-electron chi connectivity index (χ3n) is 4.73. The van der Waals surface area contributed by atoms with Crippen LogP contribution < -0.4 is 0 Å². The summed E-state index contributed by atoms with van der Waals surface area (Å²) < 4.78 is 52.3. The molecule has 2 rings (SSSR count). The van der Waals surface area contributed by atoms with Gasteiger partial charge in [-0.15, -0.1) is 0 Å². The maximum Gasteiger partial charge on any atom is 0.419 e. The summed E-state index contributed by atoms with van der Waals surface area (Å²) in [6, 6.07) is 1.83. The second kappa shape index (κ2) is 6.16. The first-order valence-electron chi connectivity index (χ1n) is 7.85. The van der Waals surface area contributed by atoms with Crippen molar-refractivity contribution in [3.8, 4) is 0 Å². The molecule has 2 unspecified atom stereocenters. The van der Waals surface area contributed by atoms with Gasteiger partial charge in [0.15, 0.2) is 0 Å². The van der Waals surface area contributed by atoms with E-state index in [9.17, 15) is 32.6 Å². The van der Waals surface area contributed by atoms with Crippen LogP contribution in [0.25, 0.3) is 0 Å². The van der Waals surface area contributed by atoms with E-state index in [2.05, 4.69) is 0 Å². The van der Waals surface area contributed by atoms with Crippen LogP contribution in [0.3, 0.4) is 0 Å². The molecule has 1 fully saturated rings. The van der Waals surface area contributed by atoms with Crippen molar-refractivity contribution >= 4 is 6.09 Å². The summed E-state index contributed by atoms with van der Waals surface area (Å²) in [5.41, 5.74) is -3.68. The minimum absolute atomic E-state index is 0.0213. The van der Waals surface area contributed by atoms with E-state index >= 15 is 0 Å². The average molecular weight is 363 g/mol. The van der Waals surface area contributed by atoms with Gasteiger partial charge >= 0.3 is 12.3 Å². The van der Waals surface area contributed by atoms with E-state index in [1.54, 1.807) is 20.8 Å². The lowest BCUT2D eigenvalue weighted by Gasteiger charge is -2.48. The summed E-state index contributed by atoms with van der Waals surface area (Å²) in [6.07, 6.45) is -6.14. The van der Waals surface area contributed by atoms with Crippen molar-refractivity contribution in [2.45, 2.75) is 51.4 Å². The van der Waals surface area contributed by atoms with Crippen LogP contribution in [-0.4, -0.2) is 33.8 Å². The molecule has 2 N–H and O–H groups in total. The number of amides is 1. The molecule has 1 aliphatic rings. The SMILES string of the molecule is CC(C)(C)C1CC(O)(c2ccc(F)c(C(F)(F)F)c2)CCN1C(=O)O. The largest absolute Gasteiger partial charge is 0.465 e. The van der Waals surface area contributed by atoms with E-state index in [4.69, 9.17) is 0 Å². The number of carboxylic acid groups (broad SMARTS) is 1. The van der Waals surface area contributed by atoms with Gasteiger partial charge in [-0.25, -0.2) is 9.18 Å². The second-order valence-electron chi connectivity index (χ2n) is 7.54. The number of aliphatic hydroxyl groups is 1. The molecule has 0 spiro atoms. The van der Waals surface area contributed by atoms with Crippen molar-refractivity contribution in [3.05, 3.63) is 35.1 Å². The van der Waals surface area contributed by atoms with E-state index in [1.165, 1.54) is 4.90 Å². The smallest absolute Gasteiger partial charge is 0.419 e. The topological polar surface area (TPSA) is 60.8 Å². The molecule has 25 heavy (non-hydrogen) atoms. The van der Waals surface area contributed by atoms with Gasteiger partial charge in [-0.1, -0.05) is 26.8 Å². The molecule has 140 valence electrons. The Morgan fingerprint density at radius 3 is 2.36 bits per heavy atom. The van der Waals surface area contributed by atoms with Crippen molar-refractivity contribution in [1.82, 2.24) is 4.90 Å². The molecule has 0 bridgehead atoms. The number of hydrogen-bond donors (Lipinski definition) is 2. The van der Waals surface area contributed by atoms with Gasteiger partial charge in [-0.3, -0.25) is 0 Å². The zero-order valence-electron chi connectivity index (χ0n) is 14.2. The van der Waals surface area contributed by atoms with E-state index in [-0.39, 0.29) is 24.9 Å². The molecule has 1 heterocycles. The van der Waals surface area contributed by atoms with E-state index in [0.717, 1.165) is 6.07 Å². The van der Waals surface area contributed by atoms with Crippen molar-refractivity contribution in [3.63, 3.8) is 0 Å². The fourth-order valence-corrected chi connectivity index (χ4v) is 3.29. The Kier molecular flexibility index (Phi) is 4.80. The van der Waals surface area contributed by atoms with Crippen LogP contribution in [0.5, 0.6) is 0 Å². The Balaban J connectivity index is 2.44. The van der Waals surface area contributed by atoms with Crippen LogP contribution >= 0.6 is 0 Å². The van der Waals surface area contributed by atoms with Gasteiger partial charge in [-0.2, -0.15) is 13.2 Å². The molecule has 1 aromatic rings. The minimum atomic E-state index is -4.87. The van der Waals surface area contributed by atoms with Gasteiger partial charge in [0.05, 0.1) is 11.2 Å². The maximum atomic E-state index is 13.5. The highest BCUT2D eigenvalue weighted by molar-refractivity contribution is 5.66. The third kappa shape index (κ3) is 3.89. The molecule has 2 atom stereocenters. The summed E-state index contributed by atoms with van der Waals surface area (Å²) in [5.74, 6) is -1.41. The number of nitrogens with zero attached hydrogens (tertiary/aromatic N) is 1. The van der Waals surface area contributed by atoms with Crippen LogP contribution in [0.2, 0.25) is 0 Å². The molecular formula is C17H21F4NO3. The lowest BCUT2D eigenvalue weighted by Crippen LogP contribution is -2.55. The monoisotopic (exact) mass is 363 g/mol. The van der Waals surface area contributed by atoms with Gasteiger partial charge < -0.3 is 15.1 Å². The fraction of sp³-hybridized carbons (Fsp3) is 0.588. The second-order valence-corrected chi connectivity index (χ2v) is 7.54. The zero-order chi connectivity index (χ0) is 19.2. The van der Waals surface area contributed by atoms with Crippen molar-refractivity contribution in [2.24, 2.45) is 5.41 Å². The van der Waals surface area contributed by atoms with Crippen molar-refractivity contribution in [1.29, 1.82) is 0 Å². The number of hydrogen-bond acceptors (Lipinski definition) is 2. The Morgan fingerprint density at radius 2 is 1.88 bits per heavy atom. The fourth-order valence-electron chi connectivity index (χ4n) is 3.29. The first kappa shape index (κ1) is 19.5. The maximum absolute atomic E-state index is 13.5. The molecule has 4 nitrogen and oxygen atoms in total. The van der Waals surface area contributed by atoms with E-state index < -0.39 is 40.7 Å². The standard InChI is InChI=1S/C17H21F4NO3/c1-15(2,3)13-9-16(25,6-7-22(13)14(23)24)10-4-5-12(18)11(8-10)17(19,20)21/h4-5,8,13,25H,6-7,9H2,1-3H3,(H,23,24). The summed E-state index contributed by atoms with van der Waals surface area (Å²) >= 11 is 0. The first-order chi connectivity index (χ1) is 11.3. The number of alkyl halides is 3. The summed E-state index contributed by atoms with van der Waals surface area (Å²) in [6.45, 7) is 5.37. The number of piperidine rings is 1. The van der Waals surface area contributed by atoms with Crippen molar-refractivity contribution < 1.29 is 32.6 Å².